The Morgan fingerprint density at radius 2 is 2.12 bits per heavy atom. The molecule has 86 valence electrons. The standard InChI is InChI=1S/C10H12FN3O2/c1-13-9(15)5-14-10(16)7-4-6(11)2-3-8(7)12/h2-4H,5,12H2,1H3,(H,13,15)(H,14,16). The molecule has 16 heavy (non-hydrogen) atoms. The highest BCUT2D eigenvalue weighted by Gasteiger charge is 2.11. The molecule has 2 amide bonds. The Balaban J connectivity index is 2.73. The summed E-state index contributed by atoms with van der Waals surface area (Å²) in [6, 6.07) is 3.48. The summed E-state index contributed by atoms with van der Waals surface area (Å²) < 4.78 is 12.9. The minimum Gasteiger partial charge on any atom is -0.398 e. The number of nitrogens with two attached hydrogens (primary N) is 1. The van der Waals surface area contributed by atoms with Gasteiger partial charge in [0.2, 0.25) is 5.91 Å². The number of hydrogen-bond donors (Lipinski definition) is 3. The zero-order chi connectivity index (χ0) is 12.1. The molecule has 0 atom stereocenters. The lowest BCUT2D eigenvalue weighted by molar-refractivity contribution is -0.119. The first-order valence-electron chi connectivity index (χ1n) is 4.58. The van der Waals surface area contributed by atoms with Crippen LogP contribution in [0.2, 0.25) is 0 Å². The second-order valence-electron chi connectivity index (χ2n) is 3.09. The molecule has 0 aromatic heterocycles. The van der Waals surface area contributed by atoms with E-state index in [9.17, 15) is 14.0 Å². The summed E-state index contributed by atoms with van der Waals surface area (Å²) in [5, 5.41) is 4.66. The van der Waals surface area contributed by atoms with Gasteiger partial charge in [-0.1, -0.05) is 0 Å². The first-order valence-corrected chi connectivity index (χ1v) is 4.58. The van der Waals surface area contributed by atoms with Crippen molar-refractivity contribution in [3.63, 3.8) is 0 Å². The highest BCUT2D eigenvalue weighted by Crippen LogP contribution is 2.12. The van der Waals surface area contributed by atoms with Gasteiger partial charge in [-0.05, 0) is 18.2 Å². The maximum atomic E-state index is 12.9. The number of halogens is 1. The lowest BCUT2D eigenvalue weighted by Crippen LogP contribution is -2.35. The number of rotatable bonds is 3. The van der Waals surface area contributed by atoms with Gasteiger partial charge in [-0.25, -0.2) is 4.39 Å². The van der Waals surface area contributed by atoms with Crippen LogP contribution in [-0.2, 0) is 4.79 Å². The number of hydrogen-bond acceptors (Lipinski definition) is 3. The molecule has 0 unspecified atom stereocenters. The molecule has 0 aliphatic heterocycles. The quantitative estimate of drug-likeness (QED) is 0.627. The van der Waals surface area contributed by atoms with Crippen molar-refractivity contribution in [2.24, 2.45) is 0 Å². The van der Waals surface area contributed by atoms with Gasteiger partial charge >= 0.3 is 0 Å². The van der Waals surface area contributed by atoms with Crippen LogP contribution in [-0.4, -0.2) is 25.4 Å². The molecule has 0 heterocycles. The monoisotopic (exact) mass is 225 g/mol. The Bertz CT molecular complexity index is 421. The number of carbonyl (C=O) groups excluding carboxylic acids is 2. The third kappa shape index (κ3) is 2.94. The van der Waals surface area contributed by atoms with Gasteiger partial charge in [0.1, 0.15) is 5.82 Å². The summed E-state index contributed by atoms with van der Waals surface area (Å²) in [5.74, 6) is -1.48. The van der Waals surface area contributed by atoms with Crippen LogP contribution in [0.15, 0.2) is 18.2 Å². The Morgan fingerprint density at radius 1 is 1.44 bits per heavy atom. The molecule has 4 N–H and O–H groups in total. The van der Waals surface area contributed by atoms with Gasteiger partial charge in [0.15, 0.2) is 0 Å². The molecule has 1 aromatic carbocycles. The van der Waals surface area contributed by atoms with E-state index in [0.29, 0.717) is 0 Å². The van der Waals surface area contributed by atoms with Gasteiger partial charge in [0, 0.05) is 12.7 Å². The summed E-state index contributed by atoms with van der Waals surface area (Å²) >= 11 is 0. The Morgan fingerprint density at radius 3 is 2.75 bits per heavy atom. The topological polar surface area (TPSA) is 84.2 Å². The molecule has 5 nitrogen and oxygen atoms in total. The molecule has 6 heteroatoms. The van der Waals surface area contributed by atoms with E-state index in [4.69, 9.17) is 5.73 Å². The highest BCUT2D eigenvalue weighted by molar-refractivity contribution is 6.00. The third-order valence-electron chi connectivity index (χ3n) is 1.95. The van der Waals surface area contributed by atoms with Crippen LogP contribution in [0.5, 0.6) is 0 Å². The normalized spacial score (nSPS) is 9.62. The van der Waals surface area contributed by atoms with E-state index in [1.54, 1.807) is 0 Å². The van der Waals surface area contributed by atoms with Crippen molar-refractivity contribution in [2.75, 3.05) is 19.3 Å². The van der Waals surface area contributed by atoms with Crippen molar-refractivity contribution in [2.45, 2.75) is 0 Å². The second kappa shape index (κ2) is 5.11. The van der Waals surface area contributed by atoms with E-state index < -0.39 is 11.7 Å². The highest BCUT2D eigenvalue weighted by atomic mass is 19.1. The van der Waals surface area contributed by atoms with E-state index >= 15 is 0 Å². The van der Waals surface area contributed by atoms with Crippen LogP contribution in [0.25, 0.3) is 0 Å². The summed E-state index contributed by atoms with van der Waals surface area (Å²) in [4.78, 5) is 22.4. The molecule has 1 rings (SSSR count). The first-order chi connectivity index (χ1) is 7.54. The molecule has 0 aliphatic rings. The van der Waals surface area contributed by atoms with Gasteiger partial charge in [0.05, 0.1) is 12.1 Å². The zero-order valence-corrected chi connectivity index (χ0v) is 8.71. The van der Waals surface area contributed by atoms with E-state index in [2.05, 4.69) is 10.6 Å². The van der Waals surface area contributed by atoms with Crippen molar-refractivity contribution in [3.8, 4) is 0 Å². The Kier molecular flexibility index (Phi) is 3.82. The Hall–Kier alpha value is -2.11. The average Bonchev–Trinajstić information content (AvgIpc) is 2.28. The Labute approximate surface area is 91.8 Å². The summed E-state index contributed by atoms with van der Waals surface area (Å²) in [6.45, 7) is -0.175. The first kappa shape index (κ1) is 12.0. The van der Waals surface area contributed by atoms with Crippen molar-refractivity contribution < 1.29 is 14.0 Å². The van der Waals surface area contributed by atoms with Gasteiger partial charge in [0.25, 0.3) is 5.91 Å². The molecule has 0 bridgehead atoms. The average molecular weight is 225 g/mol. The number of nitrogens with one attached hydrogen (secondary N) is 2. The third-order valence-corrected chi connectivity index (χ3v) is 1.95. The fourth-order valence-corrected chi connectivity index (χ4v) is 1.07. The van der Waals surface area contributed by atoms with Crippen LogP contribution in [0, 0.1) is 5.82 Å². The summed E-state index contributed by atoms with van der Waals surface area (Å²) in [5.41, 5.74) is 5.68. The molecule has 0 aliphatic carbocycles. The van der Waals surface area contributed by atoms with Gasteiger partial charge in [-0.2, -0.15) is 0 Å². The summed E-state index contributed by atoms with van der Waals surface area (Å²) in [6.07, 6.45) is 0. The van der Waals surface area contributed by atoms with Crippen LogP contribution < -0.4 is 16.4 Å². The van der Waals surface area contributed by atoms with E-state index in [-0.39, 0.29) is 23.7 Å². The van der Waals surface area contributed by atoms with Crippen molar-refractivity contribution >= 4 is 17.5 Å². The fourth-order valence-electron chi connectivity index (χ4n) is 1.07. The minimum atomic E-state index is -0.583. The number of benzene rings is 1. The number of amides is 2. The van der Waals surface area contributed by atoms with Crippen molar-refractivity contribution in [3.05, 3.63) is 29.6 Å². The number of carbonyl (C=O) groups is 2. The van der Waals surface area contributed by atoms with Crippen LogP contribution in [0.3, 0.4) is 0 Å². The molecule has 0 radical (unpaired) electrons. The van der Waals surface area contributed by atoms with Gasteiger partial charge in [-0.15, -0.1) is 0 Å². The van der Waals surface area contributed by atoms with Gasteiger partial charge in [-0.3, -0.25) is 9.59 Å². The molecular weight excluding hydrogens is 213 g/mol. The molecular formula is C10H12FN3O2. The predicted octanol–water partition coefficient (Wildman–Crippen LogP) is -0.116. The van der Waals surface area contributed by atoms with Crippen LogP contribution in [0.4, 0.5) is 10.1 Å². The lowest BCUT2D eigenvalue weighted by atomic mass is 10.1. The minimum absolute atomic E-state index is 0.0175. The van der Waals surface area contributed by atoms with Crippen molar-refractivity contribution in [1.29, 1.82) is 0 Å². The molecule has 0 saturated carbocycles. The maximum absolute atomic E-state index is 12.9. The molecule has 0 fully saturated rings. The number of likely N-dealkylation sites (N-methyl/N-ethyl adjacent to an activating group) is 1. The largest absolute Gasteiger partial charge is 0.398 e. The zero-order valence-electron chi connectivity index (χ0n) is 8.71. The smallest absolute Gasteiger partial charge is 0.253 e. The predicted molar refractivity (Wildman–Crippen MR) is 57.2 cm³/mol. The second-order valence-corrected chi connectivity index (χ2v) is 3.09. The maximum Gasteiger partial charge on any atom is 0.253 e. The molecule has 0 saturated heterocycles. The fraction of sp³-hybridized carbons (Fsp3) is 0.200. The lowest BCUT2D eigenvalue weighted by Gasteiger charge is -2.06. The SMILES string of the molecule is CNC(=O)CNC(=O)c1cc(F)ccc1N. The van der Waals surface area contributed by atoms with E-state index in [1.807, 2.05) is 0 Å². The van der Waals surface area contributed by atoms with E-state index in [1.165, 1.54) is 13.1 Å². The number of anilines is 1. The number of nitrogen functional groups attached to an aromatic ring is 1. The van der Waals surface area contributed by atoms with Crippen LogP contribution in [0.1, 0.15) is 10.4 Å². The molecule has 0 spiro atoms. The van der Waals surface area contributed by atoms with Gasteiger partial charge < -0.3 is 16.4 Å². The molecule has 1 aromatic rings. The summed E-state index contributed by atoms with van der Waals surface area (Å²) in [7, 11) is 1.45. The van der Waals surface area contributed by atoms with E-state index in [0.717, 1.165) is 12.1 Å². The van der Waals surface area contributed by atoms with Crippen LogP contribution >= 0.6 is 0 Å². The van der Waals surface area contributed by atoms with Crippen molar-refractivity contribution in [1.82, 2.24) is 10.6 Å².